The minimum atomic E-state index is 0.366. The van der Waals surface area contributed by atoms with Gasteiger partial charge < -0.3 is 9.47 Å². The molecule has 0 N–H and O–H groups in total. The molecule has 0 saturated heterocycles. The zero-order valence-electron chi connectivity index (χ0n) is 13.2. The summed E-state index contributed by atoms with van der Waals surface area (Å²) in [6.45, 7) is 14.5. The van der Waals surface area contributed by atoms with Gasteiger partial charge in [-0.3, -0.25) is 0 Å². The van der Waals surface area contributed by atoms with E-state index in [1.165, 1.54) is 12.0 Å². The molecule has 0 radical (unpaired) electrons. The van der Waals surface area contributed by atoms with E-state index in [2.05, 4.69) is 19.1 Å². The fourth-order valence-electron chi connectivity index (χ4n) is 1.39. The summed E-state index contributed by atoms with van der Waals surface area (Å²) in [5.41, 5.74) is 1.32. The van der Waals surface area contributed by atoms with E-state index < -0.39 is 0 Å². The SMILES string of the molecule is CC.CC.CC.CCCc1ccc2c(c1)OCO2. The minimum absolute atomic E-state index is 0.366. The summed E-state index contributed by atoms with van der Waals surface area (Å²) in [5, 5.41) is 0. The maximum absolute atomic E-state index is 5.26. The first-order chi connectivity index (χ1) is 8.90. The molecule has 0 amide bonds. The summed E-state index contributed by atoms with van der Waals surface area (Å²) in [4.78, 5) is 0. The van der Waals surface area contributed by atoms with Gasteiger partial charge in [0.05, 0.1) is 0 Å². The number of benzene rings is 1. The Morgan fingerprint density at radius 3 is 2.00 bits per heavy atom. The number of ether oxygens (including phenoxy) is 2. The lowest BCUT2D eigenvalue weighted by molar-refractivity contribution is 0.174. The normalized spacial score (nSPS) is 9.94. The van der Waals surface area contributed by atoms with Crippen LogP contribution in [0.1, 0.15) is 60.5 Å². The van der Waals surface area contributed by atoms with Crippen LogP contribution in [0.2, 0.25) is 0 Å². The van der Waals surface area contributed by atoms with Crippen molar-refractivity contribution >= 4 is 0 Å². The fourth-order valence-corrected chi connectivity index (χ4v) is 1.39. The molecule has 1 heterocycles. The van der Waals surface area contributed by atoms with Crippen LogP contribution < -0.4 is 9.47 Å². The molecule has 18 heavy (non-hydrogen) atoms. The van der Waals surface area contributed by atoms with Crippen molar-refractivity contribution < 1.29 is 9.47 Å². The predicted octanol–water partition coefficient (Wildman–Crippen LogP) is 5.45. The van der Waals surface area contributed by atoms with Gasteiger partial charge in [0.1, 0.15) is 0 Å². The minimum Gasteiger partial charge on any atom is -0.454 e. The van der Waals surface area contributed by atoms with Crippen LogP contribution in [0.4, 0.5) is 0 Å². The molecule has 1 aliphatic rings. The molecule has 1 aromatic rings. The molecule has 0 fully saturated rings. The topological polar surface area (TPSA) is 18.5 Å². The molecule has 0 aliphatic carbocycles. The molecule has 2 heteroatoms. The maximum atomic E-state index is 5.26. The molecule has 2 rings (SSSR count). The largest absolute Gasteiger partial charge is 0.454 e. The van der Waals surface area contributed by atoms with Crippen molar-refractivity contribution in [1.29, 1.82) is 0 Å². The smallest absolute Gasteiger partial charge is 0.231 e. The average Bonchev–Trinajstić information content (AvgIpc) is 2.93. The molecule has 106 valence electrons. The highest BCUT2D eigenvalue weighted by Crippen LogP contribution is 2.32. The van der Waals surface area contributed by atoms with Crippen LogP contribution in [0.5, 0.6) is 11.5 Å². The van der Waals surface area contributed by atoms with E-state index in [1.807, 2.05) is 47.6 Å². The Hall–Kier alpha value is -1.18. The highest BCUT2D eigenvalue weighted by Gasteiger charge is 2.12. The van der Waals surface area contributed by atoms with Crippen molar-refractivity contribution in [2.24, 2.45) is 0 Å². The maximum Gasteiger partial charge on any atom is 0.231 e. The summed E-state index contributed by atoms with van der Waals surface area (Å²) in [5.74, 6) is 1.76. The third kappa shape index (κ3) is 6.53. The Morgan fingerprint density at radius 1 is 0.889 bits per heavy atom. The quantitative estimate of drug-likeness (QED) is 0.699. The van der Waals surface area contributed by atoms with Crippen molar-refractivity contribution in [3.05, 3.63) is 23.8 Å². The molecule has 1 aromatic carbocycles. The molecule has 0 unspecified atom stereocenters. The van der Waals surface area contributed by atoms with Crippen molar-refractivity contribution in [1.82, 2.24) is 0 Å². The summed E-state index contributed by atoms with van der Waals surface area (Å²) < 4.78 is 10.5. The third-order valence-corrected chi connectivity index (χ3v) is 1.98. The fraction of sp³-hybridized carbons (Fsp3) is 0.625. The van der Waals surface area contributed by atoms with E-state index in [4.69, 9.17) is 9.47 Å². The molecular formula is C16H30O2. The number of rotatable bonds is 2. The van der Waals surface area contributed by atoms with E-state index in [9.17, 15) is 0 Å². The molecule has 0 saturated carbocycles. The summed E-state index contributed by atoms with van der Waals surface area (Å²) >= 11 is 0. The first kappa shape index (κ1) is 19.2. The standard InChI is InChI=1S/C10H12O2.3C2H6/c1-2-3-8-4-5-9-10(6-8)12-7-11-9;3*1-2/h4-6H,2-3,7H2,1H3;3*1-2H3. The Bertz CT molecular complexity index is 282. The van der Waals surface area contributed by atoms with Crippen LogP contribution in [-0.2, 0) is 6.42 Å². The summed E-state index contributed by atoms with van der Waals surface area (Å²) in [6.07, 6.45) is 2.27. The number of hydrogen-bond acceptors (Lipinski definition) is 2. The molecule has 0 bridgehead atoms. The van der Waals surface area contributed by atoms with Gasteiger partial charge in [-0.15, -0.1) is 0 Å². The number of hydrogen-bond donors (Lipinski definition) is 0. The number of fused-ring (bicyclic) bond motifs is 1. The Balaban J connectivity index is 0. The van der Waals surface area contributed by atoms with Gasteiger partial charge in [0.2, 0.25) is 6.79 Å². The van der Waals surface area contributed by atoms with Crippen molar-refractivity contribution in [2.75, 3.05) is 6.79 Å². The van der Waals surface area contributed by atoms with Gasteiger partial charge in [0.15, 0.2) is 11.5 Å². The second kappa shape index (κ2) is 13.9. The van der Waals surface area contributed by atoms with Gasteiger partial charge >= 0.3 is 0 Å². The van der Waals surface area contributed by atoms with Crippen LogP contribution in [0, 0.1) is 0 Å². The predicted molar refractivity (Wildman–Crippen MR) is 80.6 cm³/mol. The second-order valence-electron chi connectivity index (χ2n) is 2.94. The van der Waals surface area contributed by atoms with Gasteiger partial charge in [0, 0.05) is 0 Å². The second-order valence-corrected chi connectivity index (χ2v) is 2.94. The molecule has 2 nitrogen and oxygen atoms in total. The average molecular weight is 254 g/mol. The van der Waals surface area contributed by atoms with E-state index in [0.717, 1.165) is 17.9 Å². The van der Waals surface area contributed by atoms with E-state index in [1.54, 1.807) is 0 Å². The Labute approximate surface area is 113 Å². The highest BCUT2D eigenvalue weighted by atomic mass is 16.7. The zero-order valence-corrected chi connectivity index (χ0v) is 13.2. The van der Waals surface area contributed by atoms with Crippen molar-refractivity contribution in [3.8, 4) is 11.5 Å². The van der Waals surface area contributed by atoms with Crippen LogP contribution in [-0.4, -0.2) is 6.79 Å². The lowest BCUT2D eigenvalue weighted by atomic mass is 10.1. The first-order valence-corrected chi connectivity index (χ1v) is 7.28. The molecule has 1 aliphatic heterocycles. The molecular weight excluding hydrogens is 224 g/mol. The van der Waals surface area contributed by atoms with Gasteiger partial charge in [-0.1, -0.05) is 61.0 Å². The highest BCUT2D eigenvalue weighted by molar-refractivity contribution is 5.44. The molecule has 0 atom stereocenters. The van der Waals surface area contributed by atoms with Crippen LogP contribution in [0.15, 0.2) is 18.2 Å². The van der Waals surface area contributed by atoms with E-state index in [-0.39, 0.29) is 0 Å². The zero-order chi connectivity index (χ0) is 14.4. The Kier molecular flexibility index (Phi) is 14.8. The summed E-state index contributed by atoms with van der Waals surface area (Å²) in [7, 11) is 0. The Morgan fingerprint density at radius 2 is 1.44 bits per heavy atom. The van der Waals surface area contributed by atoms with Gasteiger partial charge in [-0.05, 0) is 24.1 Å². The van der Waals surface area contributed by atoms with Crippen LogP contribution in [0.3, 0.4) is 0 Å². The number of aryl methyl sites for hydroxylation is 1. The van der Waals surface area contributed by atoms with Crippen molar-refractivity contribution in [3.63, 3.8) is 0 Å². The van der Waals surface area contributed by atoms with Gasteiger partial charge in [0.25, 0.3) is 0 Å². The van der Waals surface area contributed by atoms with Gasteiger partial charge in [-0.25, -0.2) is 0 Å². The molecule has 0 spiro atoms. The molecule has 0 aromatic heterocycles. The first-order valence-electron chi connectivity index (χ1n) is 7.28. The summed E-state index contributed by atoms with van der Waals surface area (Å²) in [6, 6.07) is 6.14. The lowest BCUT2D eigenvalue weighted by Gasteiger charge is -1.99. The third-order valence-electron chi connectivity index (χ3n) is 1.98. The van der Waals surface area contributed by atoms with Gasteiger partial charge in [-0.2, -0.15) is 0 Å². The van der Waals surface area contributed by atoms with E-state index in [0.29, 0.717) is 6.79 Å². The van der Waals surface area contributed by atoms with E-state index >= 15 is 0 Å². The van der Waals surface area contributed by atoms with Crippen LogP contribution >= 0.6 is 0 Å². The van der Waals surface area contributed by atoms with Crippen molar-refractivity contribution in [2.45, 2.75) is 61.3 Å². The van der Waals surface area contributed by atoms with Crippen LogP contribution in [0.25, 0.3) is 0 Å². The monoisotopic (exact) mass is 254 g/mol. The lowest BCUT2D eigenvalue weighted by Crippen LogP contribution is -1.92.